The van der Waals surface area contributed by atoms with E-state index in [1.54, 1.807) is 23.1 Å². The first-order chi connectivity index (χ1) is 11.2. The van der Waals surface area contributed by atoms with Crippen LogP contribution in [0.25, 0.3) is 0 Å². The molecule has 2 heterocycles. The molecule has 1 aromatic carbocycles. The number of nitriles is 1. The van der Waals surface area contributed by atoms with Gasteiger partial charge in [0, 0.05) is 13.1 Å². The second-order valence-corrected chi connectivity index (χ2v) is 5.40. The number of rotatable bonds is 4. The Balaban J connectivity index is 1.60. The van der Waals surface area contributed by atoms with Crippen molar-refractivity contribution in [3.8, 4) is 6.07 Å². The van der Waals surface area contributed by atoms with Crippen molar-refractivity contribution in [1.29, 1.82) is 5.26 Å². The minimum absolute atomic E-state index is 0.0915. The largest absolute Gasteiger partial charge is 0.472 e. The highest BCUT2D eigenvalue weighted by atomic mass is 16.3. The molecule has 116 valence electrons. The predicted molar refractivity (Wildman–Crippen MR) is 81.2 cm³/mol. The summed E-state index contributed by atoms with van der Waals surface area (Å²) >= 11 is 0. The Kier molecular flexibility index (Phi) is 4.11. The van der Waals surface area contributed by atoms with E-state index < -0.39 is 6.04 Å². The van der Waals surface area contributed by atoms with Crippen molar-refractivity contribution in [1.82, 2.24) is 10.2 Å². The first kappa shape index (κ1) is 14.9. The van der Waals surface area contributed by atoms with Crippen molar-refractivity contribution in [2.45, 2.75) is 19.0 Å². The Morgan fingerprint density at radius 1 is 1.35 bits per heavy atom. The summed E-state index contributed by atoms with van der Waals surface area (Å²) in [7, 11) is 0. The molecule has 1 atom stereocenters. The van der Waals surface area contributed by atoms with Crippen LogP contribution in [0.3, 0.4) is 0 Å². The summed E-state index contributed by atoms with van der Waals surface area (Å²) in [5, 5.41) is 11.5. The number of amides is 2. The van der Waals surface area contributed by atoms with Crippen molar-refractivity contribution in [2.24, 2.45) is 0 Å². The molecule has 1 fully saturated rings. The second-order valence-electron chi connectivity index (χ2n) is 5.40. The molecule has 0 aliphatic carbocycles. The van der Waals surface area contributed by atoms with Crippen LogP contribution >= 0.6 is 0 Å². The lowest BCUT2D eigenvalue weighted by atomic mass is 10.1. The third kappa shape index (κ3) is 3.24. The summed E-state index contributed by atoms with van der Waals surface area (Å²) < 4.78 is 4.87. The average Bonchev–Trinajstić information content (AvgIpc) is 3.21. The molecular formula is C17H15N3O3. The molecule has 1 aliphatic heterocycles. The predicted octanol–water partition coefficient (Wildman–Crippen LogP) is 1.68. The van der Waals surface area contributed by atoms with Gasteiger partial charge in [0.05, 0.1) is 23.5 Å². The van der Waals surface area contributed by atoms with E-state index in [9.17, 15) is 9.59 Å². The van der Waals surface area contributed by atoms with Crippen LogP contribution < -0.4 is 5.32 Å². The minimum atomic E-state index is -0.504. The molecule has 1 aliphatic rings. The zero-order valence-corrected chi connectivity index (χ0v) is 12.4. The van der Waals surface area contributed by atoms with Gasteiger partial charge in [-0.15, -0.1) is 0 Å². The number of carbonyl (C=O) groups is 2. The van der Waals surface area contributed by atoms with Crippen molar-refractivity contribution in [3.05, 3.63) is 59.5 Å². The molecule has 0 radical (unpaired) electrons. The number of likely N-dealkylation sites (tertiary alicyclic amines) is 1. The molecule has 6 nitrogen and oxygen atoms in total. The molecule has 1 unspecified atom stereocenters. The summed E-state index contributed by atoms with van der Waals surface area (Å²) in [6.45, 7) is 1.07. The Morgan fingerprint density at radius 3 is 2.78 bits per heavy atom. The van der Waals surface area contributed by atoms with E-state index in [4.69, 9.17) is 9.68 Å². The quantitative estimate of drug-likeness (QED) is 0.931. The van der Waals surface area contributed by atoms with Crippen LogP contribution in [0, 0.1) is 11.3 Å². The Hall–Kier alpha value is -3.07. The molecule has 2 aromatic rings. The van der Waals surface area contributed by atoms with Crippen LogP contribution in [0.15, 0.2) is 47.3 Å². The van der Waals surface area contributed by atoms with Gasteiger partial charge in [-0.25, -0.2) is 0 Å². The summed E-state index contributed by atoms with van der Waals surface area (Å²) in [6, 6.07) is 10.3. The Labute approximate surface area is 133 Å². The molecule has 23 heavy (non-hydrogen) atoms. The maximum atomic E-state index is 12.4. The van der Waals surface area contributed by atoms with E-state index in [1.165, 1.54) is 12.5 Å². The monoisotopic (exact) mass is 309 g/mol. The van der Waals surface area contributed by atoms with Gasteiger partial charge in [-0.2, -0.15) is 5.26 Å². The van der Waals surface area contributed by atoms with Gasteiger partial charge in [0.25, 0.3) is 5.91 Å². The lowest BCUT2D eigenvalue weighted by Crippen LogP contribution is -2.41. The molecule has 1 N–H and O–H groups in total. The first-order valence-electron chi connectivity index (χ1n) is 7.28. The van der Waals surface area contributed by atoms with E-state index in [0.29, 0.717) is 30.6 Å². The summed E-state index contributed by atoms with van der Waals surface area (Å²) in [6.07, 6.45) is 3.35. The van der Waals surface area contributed by atoms with Gasteiger partial charge in [-0.1, -0.05) is 12.1 Å². The zero-order chi connectivity index (χ0) is 16.2. The maximum absolute atomic E-state index is 12.4. The van der Waals surface area contributed by atoms with Crippen molar-refractivity contribution in [3.63, 3.8) is 0 Å². The molecule has 3 rings (SSSR count). The van der Waals surface area contributed by atoms with Gasteiger partial charge >= 0.3 is 0 Å². The van der Waals surface area contributed by atoms with Crippen LogP contribution in [-0.4, -0.2) is 29.3 Å². The van der Waals surface area contributed by atoms with Gasteiger partial charge in [0.1, 0.15) is 12.3 Å². The number of benzene rings is 1. The fourth-order valence-corrected chi connectivity index (χ4v) is 2.57. The number of furan rings is 1. The van der Waals surface area contributed by atoms with Gasteiger partial charge < -0.3 is 14.6 Å². The van der Waals surface area contributed by atoms with E-state index >= 15 is 0 Å². The Bertz CT molecular complexity index is 744. The number of nitrogens with one attached hydrogen (secondary N) is 1. The molecule has 1 saturated heterocycles. The van der Waals surface area contributed by atoms with Crippen molar-refractivity contribution < 1.29 is 14.0 Å². The summed E-state index contributed by atoms with van der Waals surface area (Å²) in [4.78, 5) is 26.1. The van der Waals surface area contributed by atoms with Gasteiger partial charge in [-0.05, 0) is 30.2 Å². The van der Waals surface area contributed by atoms with Gasteiger partial charge in [-0.3, -0.25) is 9.59 Å². The second kappa shape index (κ2) is 6.36. The van der Waals surface area contributed by atoms with Gasteiger partial charge in [0.2, 0.25) is 5.91 Å². The molecule has 2 amide bonds. The van der Waals surface area contributed by atoms with Crippen LogP contribution in [-0.2, 0) is 11.3 Å². The highest BCUT2D eigenvalue weighted by molar-refractivity contribution is 5.97. The number of carbonyl (C=O) groups excluding carboxylic acids is 2. The maximum Gasteiger partial charge on any atom is 0.255 e. The fraction of sp³-hybridized carbons (Fsp3) is 0.235. The first-order valence-corrected chi connectivity index (χ1v) is 7.28. The highest BCUT2D eigenvalue weighted by Crippen LogP contribution is 2.16. The fourth-order valence-electron chi connectivity index (χ4n) is 2.57. The highest BCUT2D eigenvalue weighted by Gasteiger charge is 2.32. The zero-order valence-electron chi connectivity index (χ0n) is 12.4. The van der Waals surface area contributed by atoms with Crippen molar-refractivity contribution in [2.75, 3.05) is 6.54 Å². The average molecular weight is 309 g/mol. The number of nitrogens with zero attached hydrogens (tertiary/aromatic N) is 2. The van der Waals surface area contributed by atoms with Crippen molar-refractivity contribution >= 4 is 11.8 Å². The minimum Gasteiger partial charge on any atom is -0.472 e. The molecule has 1 aromatic heterocycles. The van der Waals surface area contributed by atoms with Crippen LogP contribution in [0.4, 0.5) is 0 Å². The third-order valence-corrected chi connectivity index (χ3v) is 3.84. The molecular weight excluding hydrogens is 294 g/mol. The SMILES string of the molecule is N#Cc1ccc(CN2CCC(NC(=O)c3ccoc3)C2=O)cc1. The standard InChI is InChI=1S/C17H15N3O3/c18-9-12-1-3-13(4-2-12)10-20-7-5-15(17(20)22)19-16(21)14-6-8-23-11-14/h1-4,6,8,11,15H,5,7,10H2,(H,19,21). The molecule has 6 heteroatoms. The van der Waals surface area contributed by atoms with Gasteiger partial charge in [0.15, 0.2) is 0 Å². The number of hydrogen-bond donors (Lipinski definition) is 1. The third-order valence-electron chi connectivity index (χ3n) is 3.84. The number of hydrogen-bond acceptors (Lipinski definition) is 4. The van der Waals surface area contributed by atoms with Crippen LogP contribution in [0.5, 0.6) is 0 Å². The molecule has 0 bridgehead atoms. The lowest BCUT2D eigenvalue weighted by molar-refractivity contribution is -0.129. The topological polar surface area (TPSA) is 86.3 Å². The smallest absolute Gasteiger partial charge is 0.255 e. The summed E-state index contributed by atoms with van der Waals surface area (Å²) in [5.74, 6) is -0.400. The Morgan fingerprint density at radius 2 is 2.13 bits per heavy atom. The van der Waals surface area contributed by atoms with Crippen LogP contribution in [0.2, 0.25) is 0 Å². The van der Waals surface area contributed by atoms with E-state index in [2.05, 4.69) is 11.4 Å². The van der Waals surface area contributed by atoms with Crippen LogP contribution in [0.1, 0.15) is 27.9 Å². The molecule has 0 saturated carbocycles. The lowest BCUT2D eigenvalue weighted by Gasteiger charge is -2.17. The normalized spacial score (nSPS) is 17.1. The molecule has 0 spiro atoms. The van der Waals surface area contributed by atoms with E-state index in [-0.39, 0.29) is 11.8 Å². The summed E-state index contributed by atoms with van der Waals surface area (Å²) in [5.41, 5.74) is 1.95. The van der Waals surface area contributed by atoms with E-state index in [1.807, 2.05) is 12.1 Å². The van der Waals surface area contributed by atoms with E-state index in [0.717, 1.165) is 5.56 Å².